The molecule has 0 unspecified atom stereocenters. The monoisotopic (exact) mass is 402 g/mol. The van der Waals surface area contributed by atoms with Crippen molar-refractivity contribution in [1.29, 1.82) is 0 Å². The Balaban J connectivity index is 1.31. The topological polar surface area (TPSA) is 51.2 Å². The van der Waals surface area contributed by atoms with Crippen LogP contribution in [0.4, 0.5) is 13.2 Å². The second-order valence-electron chi connectivity index (χ2n) is 7.57. The number of alkyl halides is 3. The minimum absolute atomic E-state index is 0.0275. The van der Waals surface area contributed by atoms with Gasteiger partial charge in [0.1, 0.15) is 5.75 Å². The molecule has 0 bridgehead atoms. The number of halogens is 3. The summed E-state index contributed by atoms with van der Waals surface area (Å²) in [6.07, 6.45) is 2.86. The molecule has 0 aliphatic heterocycles. The first-order valence-corrected chi connectivity index (χ1v) is 9.55. The molecule has 29 heavy (non-hydrogen) atoms. The minimum atomic E-state index is -4.39. The third-order valence-corrected chi connectivity index (χ3v) is 5.32. The van der Waals surface area contributed by atoms with Gasteiger partial charge in [0.2, 0.25) is 5.91 Å². The Morgan fingerprint density at radius 3 is 2.86 bits per heavy atom. The van der Waals surface area contributed by atoms with E-state index in [-0.39, 0.29) is 29.5 Å². The van der Waals surface area contributed by atoms with E-state index in [1.807, 2.05) is 0 Å². The molecule has 1 N–H and O–H groups in total. The van der Waals surface area contributed by atoms with Gasteiger partial charge in [-0.05, 0) is 54.5 Å². The summed E-state index contributed by atoms with van der Waals surface area (Å²) in [5, 5.41) is 2.95. The van der Waals surface area contributed by atoms with Gasteiger partial charge in [0.25, 0.3) is 0 Å². The maximum absolute atomic E-state index is 12.6. The zero-order chi connectivity index (χ0) is 20.6. The van der Waals surface area contributed by atoms with E-state index in [9.17, 15) is 18.0 Å². The third-order valence-electron chi connectivity index (χ3n) is 5.32. The summed E-state index contributed by atoms with van der Waals surface area (Å²) in [6, 6.07) is 9.04. The van der Waals surface area contributed by atoms with Gasteiger partial charge >= 0.3 is 6.18 Å². The van der Waals surface area contributed by atoms with E-state index in [4.69, 9.17) is 0 Å². The van der Waals surface area contributed by atoms with Crippen molar-refractivity contribution in [3.63, 3.8) is 0 Å². The average molecular weight is 402 g/mol. The molecule has 0 saturated heterocycles. The zero-order valence-corrected chi connectivity index (χ0v) is 15.9. The van der Waals surface area contributed by atoms with Crippen LogP contribution >= 0.6 is 0 Å². The van der Waals surface area contributed by atoms with Gasteiger partial charge in [-0.15, -0.1) is 0 Å². The molecule has 2 aliphatic rings. The van der Waals surface area contributed by atoms with Crippen molar-refractivity contribution in [2.45, 2.75) is 37.9 Å². The predicted molar refractivity (Wildman–Crippen MR) is 102 cm³/mol. The number of aromatic nitrogens is 1. The van der Waals surface area contributed by atoms with Crippen molar-refractivity contribution < 1.29 is 22.7 Å². The molecule has 1 aromatic heterocycles. The summed E-state index contributed by atoms with van der Waals surface area (Å²) in [7, 11) is 0. The fourth-order valence-corrected chi connectivity index (χ4v) is 3.65. The SMILES string of the molecule is C[C@@H](NC(=O)[C@H]1C[C@@H]1c1ccc2c(c1)CC=C2)c1ccc(OCC(F)(F)F)cn1. The molecule has 2 aromatic rings. The molecule has 1 amide bonds. The largest absolute Gasteiger partial charge is 0.483 e. The first-order valence-electron chi connectivity index (χ1n) is 9.55. The van der Waals surface area contributed by atoms with Gasteiger partial charge in [0, 0.05) is 5.92 Å². The fourth-order valence-electron chi connectivity index (χ4n) is 3.65. The van der Waals surface area contributed by atoms with E-state index in [0.717, 1.165) is 12.8 Å². The van der Waals surface area contributed by atoms with Crippen molar-refractivity contribution in [2.75, 3.05) is 6.61 Å². The number of ether oxygens (including phenoxy) is 1. The lowest BCUT2D eigenvalue weighted by atomic mass is 10.0. The highest BCUT2D eigenvalue weighted by atomic mass is 19.4. The van der Waals surface area contributed by atoms with Gasteiger partial charge in [0.05, 0.1) is 17.9 Å². The lowest BCUT2D eigenvalue weighted by Gasteiger charge is -2.14. The van der Waals surface area contributed by atoms with Crippen molar-refractivity contribution in [3.8, 4) is 5.75 Å². The predicted octanol–water partition coefficient (Wildman–Crippen LogP) is 4.57. The third kappa shape index (κ3) is 4.60. The molecule has 1 fully saturated rings. The van der Waals surface area contributed by atoms with Crippen LogP contribution in [0.15, 0.2) is 42.6 Å². The highest BCUT2D eigenvalue weighted by Crippen LogP contribution is 2.48. The lowest BCUT2D eigenvalue weighted by molar-refractivity contribution is -0.153. The van der Waals surface area contributed by atoms with Gasteiger partial charge < -0.3 is 10.1 Å². The number of allylic oxidation sites excluding steroid dienone is 1. The van der Waals surface area contributed by atoms with Gasteiger partial charge in [0.15, 0.2) is 6.61 Å². The van der Waals surface area contributed by atoms with Gasteiger partial charge in [-0.1, -0.05) is 30.4 Å². The second-order valence-corrected chi connectivity index (χ2v) is 7.57. The van der Waals surface area contributed by atoms with Crippen molar-refractivity contribution in [2.24, 2.45) is 5.92 Å². The van der Waals surface area contributed by atoms with Crippen LogP contribution in [0.2, 0.25) is 0 Å². The highest BCUT2D eigenvalue weighted by molar-refractivity contribution is 5.83. The molecular formula is C22H21F3N2O2. The van der Waals surface area contributed by atoms with Crippen molar-refractivity contribution >= 4 is 12.0 Å². The number of hydrogen-bond acceptors (Lipinski definition) is 3. The first kappa shape index (κ1) is 19.5. The first-order chi connectivity index (χ1) is 13.8. The number of amides is 1. The summed E-state index contributed by atoms with van der Waals surface area (Å²) in [5.41, 5.74) is 4.32. The summed E-state index contributed by atoms with van der Waals surface area (Å²) in [4.78, 5) is 16.7. The lowest BCUT2D eigenvalue weighted by Crippen LogP contribution is -2.29. The van der Waals surface area contributed by atoms with E-state index in [0.29, 0.717) is 5.69 Å². The number of hydrogen-bond donors (Lipinski definition) is 1. The highest BCUT2D eigenvalue weighted by Gasteiger charge is 2.44. The molecule has 1 heterocycles. The van der Waals surface area contributed by atoms with E-state index in [1.165, 1.54) is 29.0 Å². The van der Waals surface area contributed by atoms with Crippen LogP contribution in [-0.2, 0) is 11.2 Å². The van der Waals surface area contributed by atoms with Gasteiger partial charge in [-0.3, -0.25) is 9.78 Å². The summed E-state index contributed by atoms with van der Waals surface area (Å²) in [6.45, 7) is 0.442. The molecular weight excluding hydrogens is 381 g/mol. The molecule has 0 radical (unpaired) electrons. The Morgan fingerprint density at radius 2 is 2.14 bits per heavy atom. The molecule has 2 aliphatic carbocycles. The quantitative estimate of drug-likeness (QED) is 0.770. The maximum Gasteiger partial charge on any atom is 0.422 e. The smallest absolute Gasteiger partial charge is 0.422 e. The Morgan fingerprint density at radius 1 is 1.31 bits per heavy atom. The number of benzene rings is 1. The molecule has 4 nitrogen and oxygen atoms in total. The van der Waals surface area contributed by atoms with E-state index >= 15 is 0 Å². The van der Waals surface area contributed by atoms with E-state index < -0.39 is 12.8 Å². The van der Waals surface area contributed by atoms with Crippen LogP contribution in [0.3, 0.4) is 0 Å². The number of rotatable bonds is 6. The summed E-state index contributed by atoms with van der Waals surface area (Å²) < 4.78 is 41.2. The number of carbonyl (C=O) groups excluding carboxylic acids is 1. The molecule has 1 saturated carbocycles. The average Bonchev–Trinajstić information content (AvgIpc) is 3.36. The second kappa shape index (κ2) is 7.54. The maximum atomic E-state index is 12.6. The van der Waals surface area contributed by atoms with Crippen LogP contribution in [0.25, 0.3) is 6.08 Å². The summed E-state index contributed by atoms with van der Waals surface area (Å²) >= 11 is 0. The Bertz CT molecular complexity index is 938. The molecule has 7 heteroatoms. The van der Waals surface area contributed by atoms with Crippen molar-refractivity contribution in [3.05, 3.63) is 65.0 Å². The Hall–Kier alpha value is -2.83. The number of carbonyl (C=O) groups is 1. The molecule has 1 aromatic carbocycles. The number of nitrogens with zero attached hydrogens (tertiary/aromatic N) is 1. The summed E-state index contributed by atoms with van der Waals surface area (Å²) in [5.74, 6) is 0.191. The minimum Gasteiger partial charge on any atom is -0.483 e. The van der Waals surface area contributed by atoms with Crippen LogP contribution in [0.5, 0.6) is 5.75 Å². The van der Waals surface area contributed by atoms with Crippen LogP contribution in [0.1, 0.15) is 47.7 Å². The van der Waals surface area contributed by atoms with Crippen LogP contribution in [-0.4, -0.2) is 23.7 Å². The van der Waals surface area contributed by atoms with Gasteiger partial charge in [-0.25, -0.2) is 0 Å². The van der Waals surface area contributed by atoms with Crippen LogP contribution in [0, 0.1) is 5.92 Å². The fraction of sp³-hybridized carbons (Fsp3) is 0.364. The molecule has 152 valence electrons. The van der Waals surface area contributed by atoms with Crippen LogP contribution < -0.4 is 10.1 Å². The van der Waals surface area contributed by atoms with Gasteiger partial charge in [-0.2, -0.15) is 13.2 Å². The standard InChI is InChI=1S/C22H21F3N2O2/c1-13(20-8-7-17(11-26-20)29-12-22(23,24)25)27-21(28)19-10-18(19)16-6-5-14-3-2-4-15(14)9-16/h2-3,5-9,11,13,18-19H,4,10,12H2,1H3,(H,27,28)/t13-,18-,19+/m1/s1. The van der Waals surface area contributed by atoms with E-state index in [2.05, 4.69) is 45.4 Å². The molecule has 3 atom stereocenters. The molecule has 0 spiro atoms. The zero-order valence-electron chi connectivity index (χ0n) is 15.9. The van der Waals surface area contributed by atoms with E-state index in [1.54, 1.807) is 13.0 Å². The number of fused-ring (bicyclic) bond motifs is 1. The number of pyridine rings is 1. The number of nitrogens with one attached hydrogen (secondary N) is 1. The van der Waals surface area contributed by atoms with Crippen molar-refractivity contribution in [1.82, 2.24) is 10.3 Å². The molecule has 4 rings (SSSR count). The normalized spacial score (nSPS) is 20.8. The Kier molecular flexibility index (Phi) is 5.06. The Labute approximate surface area is 166 Å².